The second-order valence-electron chi connectivity index (χ2n) is 5.05. The van der Waals surface area contributed by atoms with Gasteiger partial charge < -0.3 is 5.11 Å². The minimum atomic E-state index is -0.578. The number of thiazole rings is 1. The molecule has 1 aromatic carbocycles. The molecule has 5 heteroatoms. The first kappa shape index (κ1) is 14.0. The molecule has 2 heterocycles. The van der Waals surface area contributed by atoms with E-state index in [-0.39, 0.29) is 0 Å². The van der Waals surface area contributed by atoms with Gasteiger partial charge in [-0.3, -0.25) is 4.68 Å². The first-order valence-electron chi connectivity index (χ1n) is 6.82. The Morgan fingerprint density at radius 3 is 2.71 bits per heavy atom. The summed E-state index contributed by atoms with van der Waals surface area (Å²) in [6, 6.07) is 12.0. The first-order chi connectivity index (χ1) is 10.1. The maximum Gasteiger partial charge on any atom is 0.102 e. The molecule has 0 aliphatic rings. The molecule has 1 atom stereocenters. The third-order valence-electron chi connectivity index (χ3n) is 3.37. The smallest absolute Gasteiger partial charge is 0.102 e. The number of aliphatic hydroxyl groups is 1. The van der Waals surface area contributed by atoms with Crippen molar-refractivity contribution in [2.75, 3.05) is 0 Å². The number of benzene rings is 1. The van der Waals surface area contributed by atoms with Crippen molar-refractivity contribution in [2.45, 2.75) is 19.4 Å². The van der Waals surface area contributed by atoms with E-state index in [9.17, 15) is 5.11 Å². The summed E-state index contributed by atoms with van der Waals surface area (Å²) < 4.78 is 1.73. The molecule has 0 amide bonds. The summed E-state index contributed by atoms with van der Waals surface area (Å²) in [7, 11) is 1.85. The van der Waals surface area contributed by atoms with Gasteiger partial charge in [0.2, 0.25) is 0 Å². The standard InChI is InChI=1S/C16H17N3OS/c1-11-8-14(19(2)18-11)15(20)9-16-17-13(10-21-16)12-6-4-3-5-7-12/h3-8,10,15,20H,9H2,1-2H3. The van der Waals surface area contributed by atoms with Crippen LogP contribution in [0, 0.1) is 6.92 Å². The highest BCUT2D eigenvalue weighted by Gasteiger charge is 2.16. The van der Waals surface area contributed by atoms with E-state index in [1.165, 1.54) is 0 Å². The van der Waals surface area contributed by atoms with Crippen LogP contribution in [0.4, 0.5) is 0 Å². The van der Waals surface area contributed by atoms with Gasteiger partial charge in [-0.25, -0.2) is 4.98 Å². The van der Waals surface area contributed by atoms with Gasteiger partial charge in [0.05, 0.1) is 22.1 Å². The Balaban J connectivity index is 1.77. The first-order valence-corrected chi connectivity index (χ1v) is 7.70. The van der Waals surface area contributed by atoms with E-state index in [1.807, 2.05) is 55.7 Å². The summed E-state index contributed by atoms with van der Waals surface area (Å²) in [5, 5.41) is 17.6. The van der Waals surface area contributed by atoms with Crippen molar-refractivity contribution in [1.29, 1.82) is 0 Å². The summed E-state index contributed by atoms with van der Waals surface area (Å²) in [6.45, 7) is 1.92. The fraction of sp³-hybridized carbons (Fsp3) is 0.250. The Hall–Kier alpha value is -1.98. The number of hydrogen-bond donors (Lipinski definition) is 1. The van der Waals surface area contributed by atoms with Gasteiger partial charge in [-0.2, -0.15) is 5.10 Å². The van der Waals surface area contributed by atoms with E-state index < -0.39 is 6.10 Å². The summed E-state index contributed by atoms with van der Waals surface area (Å²) in [4.78, 5) is 4.61. The van der Waals surface area contributed by atoms with E-state index in [0.717, 1.165) is 27.7 Å². The van der Waals surface area contributed by atoms with Gasteiger partial charge in [-0.15, -0.1) is 11.3 Å². The number of rotatable bonds is 4. The highest BCUT2D eigenvalue weighted by Crippen LogP contribution is 2.25. The van der Waals surface area contributed by atoms with Crippen LogP contribution < -0.4 is 0 Å². The van der Waals surface area contributed by atoms with Crippen LogP contribution >= 0.6 is 11.3 Å². The van der Waals surface area contributed by atoms with Crippen LogP contribution in [-0.4, -0.2) is 19.9 Å². The average Bonchev–Trinajstić information content (AvgIpc) is 3.06. The Kier molecular flexibility index (Phi) is 3.86. The van der Waals surface area contributed by atoms with E-state index in [2.05, 4.69) is 10.1 Å². The zero-order chi connectivity index (χ0) is 14.8. The van der Waals surface area contributed by atoms with Gasteiger partial charge in [-0.1, -0.05) is 30.3 Å². The molecule has 0 radical (unpaired) electrons. The molecule has 0 spiro atoms. The van der Waals surface area contributed by atoms with Gasteiger partial charge in [0.15, 0.2) is 0 Å². The van der Waals surface area contributed by atoms with Gasteiger partial charge in [0.25, 0.3) is 0 Å². The number of aryl methyl sites for hydroxylation is 2. The van der Waals surface area contributed by atoms with Gasteiger partial charge in [-0.05, 0) is 13.0 Å². The molecule has 2 aromatic heterocycles. The Morgan fingerprint density at radius 2 is 2.05 bits per heavy atom. The van der Waals surface area contributed by atoms with Crippen molar-refractivity contribution in [3.63, 3.8) is 0 Å². The second-order valence-corrected chi connectivity index (χ2v) is 5.99. The minimum absolute atomic E-state index is 0.510. The van der Waals surface area contributed by atoms with Crippen molar-refractivity contribution in [3.05, 3.63) is 58.2 Å². The summed E-state index contributed by atoms with van der Waals surface area (Å²) in [5.41, 5.74) is 3.80. The van der Waals surface area contributed by atoms with E-state index in [1.54, 1.807) is 16.0 Å². The normalized spacial score (nSPS) is 12.5. The maximum absolute atomic E-state index is 10.4. The Labute approximate surface area is 127 Å². The molecule has 108 valence electrons. The highest BCUT2D eigenvalue weighted by molar-refractivity contribution is 7.09. The molecule has 1 unspecified atom stereocenters. The lowest BCUT2D eigenvalue weighted by Crippen LogP contribution is -2.07. The average molecular weight is 299 g/mol. The molecule has 1 N–H and O–H groups in total. The lowest BCUT2D eigenvalue weighted by Gasteiger charge is -2.08. The van der Waals surface area contributed by atoms with Crippen molar-refractivity contribution in [1.82, 2.24) is 14.8 Å². The molecule has 0 aliphatic heterocycles. The summed E-state index contributed by atoms with van der Waals surface area (Å²) in [6.07, 6.45) is -0.0674. The molecular weight excluding hydrogens is 282 g/mol. The van der Waals surface area contributed by atoms with Crippen LogP contribution in [0.15, 0.2) is 41.8 Å². The van der Waals surface area contributed by atoms with Crippen molar-refractivity contribution < 1.29 is 5.11 Å². The fourth-order valence-electron chi connectivity index (χ4n) is 2.36. The molecule has 3 rings (SSSR count). The summed E-state index contributed by atoms with van der Waals surface area (Å²) >= 11 is 1.58. The third-order valence-corrected chi connectivity index (χ3v) is 4.24. The molecule has 0 saturated heterocycles. The summed E-state index contributed by atoms with van der Waals surface area (Å²) in [5.74, 6) is 0. The molecule has 0 fully saturated rings. The van der Waals surface area contributed by atoms with E-state index in [0.29, 0.717) is 6.42 Å². The highest BCUT2D eigenvalue weighted by atomic mass is 32.1. The number of hydrogen-bond acceptors (Lipinski definition) is 4. The van der Waals surface area contributed by atoms with Gasteiger partial charge in [0.1, 0.15) is 6.10 Å². The number of aromatic nitrogens is 3. The van der Waals surface area contributed by atoms with E-state index >= 15 is 0 Å². The molecule has 0 bridgehead atoms. The molecule has 3 aromatic rings. The second kappa shape index (κ2) is 5.79. The van der Waals surface area contributed by atoms with Gasteiger partial charge in [0, 0.05) is 24.4 Å². The Morgan fingerprint density at radius 1 is 1.29 bits per heavy atom. The minimum Gasteiger partial charge on any atom is -0.386 e. The topological polar surface area (TPSA) is 50.9 Å². The molecule has 0 aliphatic carbocycles. The lowest BCUT2D eigenvalue weighted by molar-refractivity contribution is 0.168. The SMILES string of the molecule is Cc1cc(C(O)Cc2nc(-c3ccccc3)cs2)n(C)n1. The monoisotopic (exact) mass is 299 g/mol. The fourth-order valence-corrected chi connectivity index (χ4v) is 3.20. The van der Waals surface area contributed by atoms with Crippen molar-refractivity contribution in [3.8, 4) is 11.3 Å². The number of aliphatic hydroxyl groups excluding tert-OH is 1. The quantitative estimate of drug-likeness (QED) is 0.805. The van der Waals surface area contributed by atoms with Crippen molar-refractivity contribution >= 4 is 11.3 Å². The molecule has 0 saturated carbocycles. The predicted molar refractivity (Wildman–Crippen MR) is 84.2 cm³/mol. The molecule has 21 heavy (non-hydrogen) atoms. The lowest BCUT2D eigenvalue weighted by atomic mass is 10.1. The van der Waals surface area contributed by atoms with Crippen LogP contribution in [0.1, 0.15) is 22.5 Å². The molecular formula is C16H17N3OS. The van der Waals surface area contributed by atoms with Crippen LogP contribution in [0.3, 0.4) is 0 Å². The maximum atomic E-state index is 10.4. The predicted octanol–water partition coefficient (Wildman–Crippen LogP) is 3.13. The van der Waals surface area contributed by atoms with Crippen LogP contribution in [-0.2, 0) is 13.5 Å². The van der Waals surface area contributed by atoms with Crippen LogP contribution in [0.2, 0.25) is 0 Å². The Bertz CT molecular complexity index is 733. The third kappa shape index (κ3) is 3.04. The van der Waals surface area contributed by atoms with Crippen LogP contribution in [0.5, 0.6) is 0 Å². The van der Waals surface area contributed by atoms with Gasteiger partial charge >= 0.3 is 0 Å². The zero-order valence-corrected chi connectivity index (χ0v) is 12.8. The largest absolute Gasteiger partial charge is 0.386 e. The molecule has 4 nitrogen and oxygen atoms in total. The van der Waals surface area contributed by atoms with Crippen LogP contribution in [0.25, 0.3) is 11.3 Å². The van der Waals surface area contributed by atoms with Crippen molar-refractivity contribution in [2.24, 2.45) is 7.05 Å². The zero-order valence-electron chi connectivity index (χ0n) is 12.0. The number of nitrogens with zero attached hydrogens (tertiary/aromatic N) is 3. The van der Waals surface area contributed by atoms with E-state index in [4.69, 9.17) is 0 Å².